The van der Waals surface area contributed by atoms with Crippen LogP contribution in [0.25, 0.3) is 16.4 Å². The normalized spacial score (nSPS) is 19.8. The standard InChI is InChI=1S/C19H21N5OS/c1-13-10-14(11-20)12-23(13)19(25)17-21-18(16-8-5-9-26-16)24(22-17)15-6-3-2-4-7-15/h2-9,13-14H,10-12,20H2,1H3. The highest BCUT2D eigenvalue weighted by Gasteiger charge is 2.34. The van der Waals surface area contributed by atoms with E-state index in [9.17, 15) is 4.79 Å². The monoisotopic (exact) mass is 367 g/mol. The van der Waals surface area contributed by atoms with Crippen LogP contribution in [0, 0.1) is 5.92 Å². The van der Waals surface area contributed by atoms with Crippen LogP contribution in [0.1, 0.15) is 24.0 Å². The second-order valence-electron chi connectivity index (χ2n) is 6.63. The molecule has 1 aliphatic rings. The van der Waals surface area contributed by atoms with Crippen molar-refractivity contribution >= 4 is 17.2 Å². The van der Waals surface area contributed by atoms with Crippen molar-refractivity contribution in [3.8, 4) is 16.4 Å². The third-order valence-corrected chi connectivity index (χ3v) is 5.66. The zero-order chi connectivity index (χ0) is 18.1. The van der Waals surface area contributed by atoms with Gasteiger partial charge in [-0.25, -0.2) is 9.67 Å². The Hall–Kier alpha value is -2.51. The van der Waals surface area contributed by atoms with Gasteiger partial charge in [0.1, 0.15) is 0 Å². The second-order valence-corrected chi connectivity index (χ2v) is 7.58. The summed E-state index contributed by atoms with van der Waals surface area (Å²) >= 11 is 1.58. The third kappa shape index (κ3) is 3.04. The third-order valence-electron chi connectivity index (χ3n) is 4.80. The predicted molar refractivity (Wildman–Crippen MR) is 102 cm³/mol. The molecule has 2 unspecified atom stereocenters. The first-order chi connectivity index (χ1) is 12.7. The number of hydrogen-bond acceptors (Lipinski definition) is 5. The lowest BCUT2D eigenvalue weighted by Gasteiger charge is -2.19. The lowest BCUT2D eigenvalue weighted by molar-refractivity contribution is 0.0731. The summed E-state index contributed by atoms with van der Waals surface area (Å²) < 4.78 is 1.75. The van der Waals surface area contributed by atoms with E-state index in [-0.39, 0.29) is 17.8 Å². The van der Waals surface area contributed by atoms with Crippen molar-refractivity contribution in [2.75, 3.05) is 13.1 Å². The maximum Gasteiger partial charge on any atom is 0.293 e. The number of carbonyl (C=O) groups is 1. The lowest BCUT2D eigenvalue weighted by Crippen LogP contribution is -2.35. The number of rotatable bonds is 4. The summed E-state index contributed by atoms with van der Waals surface area (Å²) in [5.41, 5.74) is 6.68. The zero-order valence-corrected chi connectivity index (χ0v) is 15.4. The second kappa shape index (κ2) is 7.01. The molecular weight excluding hydrogens is 346 g/mol. The van der Waals surface area contributed by atoms with Gasteiger partial charge in [0.2, 0.25) is 5.82 Å². The van der Waals surface area contributed by atoms with Gasteiger partial charge in [-0.3, -0.25) is 4.79 Å². The number of nitrogens with two attached hydrogens (primary N) is 1. The molecule has 0 saturated carbocycles. The molecule has 4 rings (SSSR count). The van der Waals surface area contributed by atoms with Crippen molar-refractivity contribution in [1.82, 2.24) is 19.7 Å². The van der Waals surface area contributed by atoms with Crippen LogP contribution in [0.4, 0.5) is 0 Å². The van der Waals surface area contributed by atoms with Gasteiger partial charge < -0.3 is 10.6 Å². The molecule has 0 radical (unpaired) electrons. The van der Waals surface area contributed by atoms with E-state index in [1.807, 2.05) is 52.7 Å². The average Bonchev–Trinajstić information content (AvgIpc) is 3.40. The van der Waals surface area contributed by atoms with E-state index in [1.165, 1.54) is 0 Å². The van der Waals surface area contributed by atoms with Crippen molar-refractivity contribution in [1.29, 1.82) is 0 Å². The van der Waals surface area contributed by atoms with Gasteiger partial charge in [0, 0.05) is 12.6 Å². The molecule has 1 saturated heterocycles. The largest absolute Gasteiger partial charge is 0.333 e. The molecule has 3 heterocycles. The van der Waals surface area contributed by atoms with Crippen LogP contribution in [0.3, 0.4) is 0 Å². The average molecular weight is 367 g/mol. The number of hydrogen-bond donors (Lipinski definition) is 1. The SMILES string of the molecule is CC1CC(CN)CN1C(=O)c1nc(-c2cccs2)n(-c2ccccc2)n1. The number of thiophene rings is 1. The van der Waals surface area contributed by atoms with Crippen molar-refractivity contribution < 1.29 is 4.79 Å². The molecular formula is C19H21N5OS. The van der Waals surface area contributed by atoms with E-state index in [0.29, 0.717) is 24.8 Å². The molecule has 0 spiro atoms. The van der Waals surface area contributed by atoms with Gasteiger partial charge in [-0.05, 0) is 49.4 Å². The molecule has 1 aliphatic heterocycles. The van der Waals surface area contributed by atoms with Gasteiger partial charge >= 0.3 is 0 Å². The Labute approximate surface area is 156 Å². The molecule has 1 aromatic carbocycles. The van der Waals surface area contributed by atoms with Crippen molar-refractivity contribution in [2.24, 2.45) is 11.7 Å². The Bertz CT molecular complexity index is 890. The number of aromatic nitrogens is 3. The van der Waals surface area contributed by atoms with Crippen LogP contribution in [0.5, 0.6) is 0 Å². The van der Waals surface area contributed by atoms with Crippen LogP contribution in [0.15, 0.2) is 47.8 Å². The first kappa shape index (κ1) is 16.9. The topological polar surface area (TPSA) is 77.0 Å². The molecule has 7 heteroatoms. The summed E-state index contributed by atoms with van der Waals surface area (Å²) in [5.74, 6) is 1.15. The van der Waals surface area contributed by atoms with Gasteiger partial charge in [0.25, 0.3) is 5.91 Å². The first-order valence-electron chi connectivity index (χ1n) is 8.74. The number of carbonyl (C=O) groups excluding carboxylic acids is 1. The fraction of sp³-hybridized carbons (Fsp3) is 0.316. The smallest absolute Gasteiger partial charge is 0.293 e. The van der Waals surface area contributed by atoms with Gasteiger partial charge in [0.15, 0.2) is 5.82 Å². The van der Waals surface area contributed by atoms with E-state index in [2.05, 4.69) is 17.0 Å². The van der Waals surface area contributed by atoms with Crippen LogP contribution < -0.4 is 5.73 Å². The number of para-hydroxylation sites is 1. The molecule has 1 fully saturated rings. The fourth-order valence-corrected chi connectivity index (χ4v) is 4.14. The van der Waals surface area contributed by atoms with Gasteiger partial charge in [0.05, 0.1) is 10.6 Å². The maximum atomic E-state index is 13.0. The first-order valence-corrected chi connectivity index (χ1v) is 9.62. The van der Waals surface area contributed by atoms with Crippen molar-refractivity contribution in [2.45, 2.75) is 19.4 Å². The van der Waals surface area contributed by atoms with Crippen molar-refractivity contribution in [3.63, 3.8) is 0 Å². The minimum absolute atomic E-state index is 0.124. The zero-order valence-electron chi connectivity index (χ0n) is 14.6. The molecule has 134 valence electrons. The van der Waals surface area contributed by atoms with E-state index < -0.39 is 0 Å². The Kier molecular flexibility index (Phi) is 4.57. The molecule has 0 bridgehead atoms. The molecule has 1 amide bonds. The summed E-state index contributed by atoms with van der Waals surface area (Å²) in [5, 5.41) is 6.55. The van der Waals surface area contributed by atoms with Gasteiger partial charge in [-0.1, -0.05) is 24.3 Å². The quantitative estimate of drug-likeness (QED) is 0.769. The number of likely N-dealkylation sites (tertiary alicyclic amines) is 1. The minimum atomic E-state index is -0.124. The molecule has 3 aromatic rings. The molecule has 26 heavy (non-hydrogen) atoms. The summed E-state index contributed by atoms with van der Waals surface area (Å²) in [6.07, 6.45) is 0.930. The lowest BCUT2D eigenvalue weighted by atomic mass is 10.1. The molecule has 2 N–H and O–H groups in total. The van der Waals surface area contributed by atoms with Gasteiger partial charge in [-0.2, -0.15) is 0 Å². The maximum absolute atomic E-state index is 13.0. The number of nitrogens with zero attached hydrogens (tertiary/aromatic N) is 4. The van der Waals surface area contributed by atoms with Crippen LogP contribution >= 0.6 is 11.3 Å². The highest BCUT2D eigenvalue weighted by molar-refractivity contribution is 7.13. The molecule has 6 nitrogen and oxygen atoms in total. The van der Waals surface area contributed by atoms with Crippen LogP contribution in [0.2, 0.25) is 0 Å². The Morgan fingerprint density at radius 2 is 2.08 bits per heavy atom. The van der Waals surface area contributed by atoms with Gasteiger partial charge in [-0.15, -0.1) is 16.4 Å². The highest BCUT2D eigenvalue weighted by Crippen LogP contribution is 2.27. The highest BCUT2D eigenvalue weighted by atomic mass is 32.1. The van der Waals surface area contributed by atoms with Crippen LogP contribution in [-0.4, -0.2) is 44.7 Å². The van der Waals surface area contributed by atoms with E-state index >= 15 is 0 Å². The summed E-state index contributed by atoms with van der Waals surface area (Å²) in [4.78, 5) is 20.5. The van der Waals surface area contributed by atoms with E-state index in [4.69, 9.17) is 5.73 Å². The fourth-order valence-electron chi connectivity index (χ4n) is 3.44. The molecule has 2 atom stereocenters. The van der Waals surface area contributed by atoms with Crippen molar-refractivity contribution in [3.05, 3.63) is 53.7 Å². The van der Waals surface area contributed by atoms with E-state index in [0.717, 1.165) is 17.0 Å². The molecule has 0 aliphatic carbocycles. The molecule has 2 aromatic heterocycles. The summed E-state index contributed by atoms with van der Waals surface area (Å²) in [6, 6.07) is 13.9. The summed E-state index contributed by atoms with van der Waals surface area (Å²) in [7, 11) is 0. The number of benzene rings is 1. The predicted octanol–water partition coefficient (Wildman–Crippen LogP) is 2.81. The Balaban J connectivity index is 1.73. The Morgan fingerprint density at radius 3 is 2.73 bits per heavy atom. The summed E-state index contributed by atoms with van der Waals surface area (Å²) in [6.45, 7) is 3.33. The van der Waals surface area contributed by atoms with Crippen LogP contribution in [-0.2, 0) is 0 Å². The minimum Gasteiger partial charge on any atom is -0.333 e. The van der Waals surface area contributed by atoms with E-state index in [1.54, 1.807) is 16.0 Å². The number of amides is 1. The Morgan fingerprint density at radius 1 is 1.27 bits per heavy atom.